The first kappa shape index (κ1) is 29.9. The summed E-state index contributed by atoms with van der Waals surface area (Å²) in [6.07, 6.45) is 5.32. The van der Waals surface area contributed by atoms with Gasteiger partial charge in [-0.25, -0.2) is 4.79 Å². The van der Waals surface area contributed by atoms with Gasteiger partial charge in [0.05, 0.1) is 0 Å². The Bertz CT molecular complexity index is 904. The summed E-state index contributed by atoms with van der Waals surface area (Å²) < 4.78 is 0. The van der Waals surface area contributed by atoms with Crippen LogP contribution in [0.5, 0.6) is 0 Å². The molecule has 8 heteroatoms. The molecule has 0 bridgehead atoms. The van der Waals surface area contributed by atoms with Crippen LogP contribution >= 0.6 is 0 Å². The van der Waals surface area contributed by atoms with Crippen LogP contribution in [-0.4, -0.2) is 88.9 Å². The third-order valence-electron chi connectivity index (χ3n) is 8.04. The average Bonchev–Trinajstić information content (AvgIpc) is 2.89. The van der Waals surface area contributed by atoms with Gasteiger partial charge in [0, 0.05) is 44.8 Å². The second kappa shape index (κ2) is 14.0. The Balaban J connectivity index is 1.49. The van der Waals surface area contributed by atoms with Crippen molar-refractivity contribution >= 4 is 17.8 Å². The summed E-state index contributed by atoms with van der Waals surface area (Å²) in [6, 6.07) is 10.2. The molecule has 3 rings (SSSR count). The quantitative estimate of drug-likeness (QED) is 0.405. The van der Waals surface area contributed by atoms with E-state index in [9.17, 15) is 14.4 Å². The number of hydrogen-bond acceptors (Lipinski definition) is 4. The maximum atomic E-state index is 13.6. The highest BCUT2D eigenvalue weighted by Crippen LogP contribution is 2.34. The molecular formula is C30H49N5O3. The van der Waals surface area contributed by atoms with Crippen molar-refractivity contribution < 1.29 is 14.4 Å². The smallest absolute Gasteiger partial charge is 0.317 e. The summed E-state index contributed by atoms with van der Waals surface area (Å²) >= 11 is 0. The lowest BCUT2D eigenvalue weighted by Crippen LogP contribution is -2.72. The molecule has 4 amide bonds. The van der Waals surface area contributed by atoms with Crippen LogP contribution in [-0.2, 0) is 16.0 Å². The van der Waals surface area contributed by atoms with Crippen LogP contribution in [0.2, 0.25) is 0 Å². The van der Waals surface area contributed by atoms with E-state index in [-0.39, 0.29) is 29.9 Å². The summed E-state index contributed by atoms with van der Waals surface area (Å²) in [5.74, 6) is 0.0649. The van der Waals surface area contributed by atoms with Crippen LogP contribution in [0.1, 0.15) is 78.7 Å². The minimum Gasteiger partial charge on any atom is -0.342 e. The highest BCUT2D eigenvalue weighted by molar-refractivity contribution is 6.00. The van der Waals surface area contributed by atoms with Crippen molar-refractivity contribution in [3.8, 4) is 0 Å². The number of piperazine rings is 1. The molecule has 0 saturated carbocycles. The van der Waals surface area contributed by atoms with Crippen molar-refractivity contribution in [1.29, 1.82) is 0 Å². The second-order valence-electron chi connectivity index (χ2n) is 11.4. The number of carbonyl (C=O) groups is 3. The van der Waals surface area contributed by atoms with E-state index in [1.54, 1.807) is 0 Å². The normalized spacial score (nSPS) is 19.8. The van der Waals surface area contributed by atoms with E-state index in [0.717, 1.165) is 45.3 Å². The van der Waals surface area contributed by atoms with E-state index in [1.807, 2.05) is 43.6 Å². The molecule has 2 fully saturated rings. The van der Waals surface area contributed by atoms with Gasteiger partial charge in [-0.05, 0) is 78.2 Å². The molecule has 1 spiro atoms. The third-order valence-corrected chi connectivity index (χ3v) is 8.04. The van der Waals surface area contributed by atoms with Crippen LogP contribution in [0, 0.1) is 0 Å². The van der Waals surface area contributed by atoms with Crippen LogP contribution in [0.25, 0.3) is 0 Å². The molecule has 0 aliphatic carbocycles. The zero-order valence-electron chi connectivity index (χ0n) is 24.2. The summed E-state index contributed by atoms with van der Waals surface area (Å²) in [6.45, 7) is 13.9. The maximum Gasteiger partial charge on any atom is 0.317 e. The number of nitrogens with one attached hydrogen (secondary N) is 2. The number of amides is 4. The maximum absolute atomic E-state index is 13.6. The molecule has 1 atom stereocenters. The molecule has 0 radical (unpaired) electrons. The standard InChI is InChI=1S/C30H49N5O3/c1-6-19-34-27(36)26(14-10-11-18-31-29(38)35(23(2)3)24(4)5)32-28(37)30(34)16-21-33(22-17-30)20-15-25-12-8-7-9-13-25/h7-9,12-13,23-24,26H,6,10-11,14-22H2,1-5H3,(H,31,38)(H,32,37)/t26-/m0/s1. The highest BCUT2D eigenvalue weighted by atomic mass is 16.2. The molecule has 1 aromatic rings. The number of piperidine rings is 1. The predicted molar refractivity (Wildman–Crippen MR) is 152 cm³/mol. The summed E-state index contributed by atoms with van der Waals surface area (Å²) in [5, 5.41) is 6.09. The molecule has 212 valence electrons. The predicted octanol–water partition coefficient (Wildman–Crippen LogP) is 3.80. The van der Waals surface area contributed by atoms with E-state index >= 15 is 0 Å². The Morgan fingerprint density at radius 1 is 1.05 bits per heavy atom. The number of rotatable bonds is 12. The Morgan fingerprint density at radius 2 is 1.71 bits per heavy atom. The van der Waals surface area contributed by atoms with Crippen LogP contribution < -0.4 is 10.6 Å². The zero-order chi connectivity index (χ0) is 27.7. The van der Waals surface area contributed by atoms with Gasteiger partial charge in [-0.2, -0.15) is 0 Å². The molecule has 2 heterocycles. The van der Waals surface area contributed by atoms with Gasteiger partial charge < -0.3 is 25.3 Å². The number of hydrogen-bond donors (Lipinski definition) is 2. The van der Waals surface area contributed by atoms with E-state index in [1.165, 1.54) is 5.56 Å². The minimum atomic E-state index is -0.724. The number of benzene rings is 1. The summed E-state index contributed by atoms with van der Waals surface area (Å²) in [5.41, 5.74) is 0.600. The van der Waals surface area contributed by atoms with Gasteiger partial charge in [0.25, 0.3) is 0 Å². The molecule has 2 N–H and O–H groups in total. The number of unbranched alkanes of at least 4 members (excludes halogenated alkanes) is 1. The Morgan fingerprint density at radius 3 is 2.32 bits per heavy atom. The van der Waals surface area contributed by atoms with Crippen molar-refractivity contribution in [2.24, 2.45) is 0 Å². The topological polar surface area (TPSA) is 85.0 Å². The fourth-order valence-electron chi connectivity index (χ4n) is 6.02. The van der Waals surface area contributed by atoms with Gasteiger partial charge >= 0.3 is 6.03 Å². The van der Waals surface area contributed by atoms with Crippen LogP contribution in [0.15, 0.2) is 30.3 Å². The minimum absolute atomic E-state index is 0.0103. The third kappa shape index (κ3) is 7.28. The van der Waals surface area contributed by atoms with Crippen molar-refractivity contribution in [2.45, 2.75) is 103 Å². The molecule has 1 aromatic carbocycles. The lowest BCUT2D eigenvalue weighted by atomic mass is 9.81. The van der Waals surface area contributed by atoms with Gasteiger partial charge in [0.15, 0.2) is 0 Å². The monoisotopic (exact) mass is 527 g/mol. The molecule has 38 heavy (non-hydrogen) atoms. The van der Waals surface area contributed by atoms with Crippen LogP contribution in [0.4, 0.5) is 4.79 Å². The van der Waals surface area contributed by atoms with Crippen molar-refractivity contribution in [1.82, 2.24) is 25.3 Å². The largest absolute Gasteiger partial charge is 0.342 e. The fraction of sp³-hybridized carbons (Fsp3) is 0.700. The Labute approximate surface area is 229 Å². The van der Waals surface area contributed by atoms with Crippen molar-refractivity contribution in [3.63, 3.8) is 0 Å². The summed E-state index contributed by atoms with van der Waals surface area (Å²) in [4.78, 5) is 45.7. The Kier molecular flexibility index (Phi) is 11.0. The van der Waals surface area contributed by atoms with Crippen LogP contribution in [0.3, 0.4) is 0 Å². The molecule has 2 aliphatic heterocycles. The molecule has 8 nitrogen and oxygen atoms in total. The van der Waals surface area contributed by atoms with E-state index in [4.69, 9.17) is 0 Å². The first-order valence-electron chi connectivity index (χ1n) is 14.6. The second-order valence-corrected chi connectivity index (χ2v) is 11.4. The highest BCUT2D eigenvalue weighted by Gasteiger charge is 2.52. The average molecular weight is 528 g/mol. The molecule has 2 aliphatic rings. The molecule has 2 saturated heterocycles. The Hall–Kier alpha value is -2.61. The summed E-state index contributed by atoms with van der Waals surface area (Å²) in [7, 11) is 0. The first-order chi connectivity index (χ1) is 18.2. The number of nitrogens with zero attached hydrogens (tertiary/aromatic N) is 3. The van der Waals surface area contributed by atoms with Gasteiger partial charge in [-0.3, -0.25) is 9.59 Å². The molecular weight excluding hydrogens is 478 g/mol. The van der Waals surface area contributed by atoms with Crippen molar-refractivity contribution in [2.75, 3.05) is 32.7 Å². The zero-order valence-corrected chi connectivity index (χ0v) is 24.2. The van der Waals surface area contributed by atoms with E-state index in [2.05, 4.69) is 46.7 Å². The van der Waals surface area contributed by atoms with E-state index < -0.39 is 11.6 Å². The molecule has 0 unspecified atom stereocenters. The van der Waals surface area contributed by atoms with Gasteiger partial charge in [0.1, 0.15) is 11.6 Å². The number of carbonyl (C=O) groups excluding carboxylic acids is 3. The fourth-order valence-corrected chi connectivity index (χ4v) is 6.02. The van der Waals surface area contributed by atoms with E-state index in [0.29, 0.717) is 32.4 Å². The number of likely N-dealkylation sites (tertiary alicyclic amines) is 1. The van der Waals surface area contributed by atoms with Gasteiger partial charge in [-0.1, -0.05) is 37.3 Å². The lowest BCUT2D eigenvalue weighted by Gasteiger charge is -2.51. The number of urea groups is 1. The SMILES string of the molecule is CCCN1C(=O)[C@H](CCCCNC(=O)N(C(C)C)C(C)C)NC(=O)C12CCN(CCc1ccccc1)CC2. The lowest BCUT2D eigenvalue weighted by molar-refractivity contribution is -0.161. The van der Waals surface area contributed by atoms with Crippen molar-refractivity contribution in [3.05, 3.63) is 35.9 Å². The molecule has 0 aromatic heterocycles. The first-order valence-corrected chi connectivity index (χ1v) is 14.6. The van der Waals surface area contributed by atoms with Gasteiger partial charge in [0.2, 0.25) is 11.8 Å². The van der Waals surface area contributed by atoms with Gasteiger partial charge in [-0.15, -0.1) is 0 Å².